The highest BCUT2D eigenvalue weighted by Gasteiger charge is 2.49. The fourth-order valence-corrected chi connectivity index (χ4v) is 5.15. The van der Waals surface area contributed by atoms with Crippen LogP contribution in [-0.4, -0.2) is 89.3 Å². The molecule has 3 N–H and O–H groups in total. The zero-order valence-electron chi connectivity index (χ0n) is 20.8. The van der Waals surface area contributed by atoms with Gasteiger partial charge in [-0.15, -0.1) is 0 Å². The molecule has 2 aromatic rings. The molecule has 2 aliphatic rings. The normalized spacial score (nSPS) is 25.6. The molecule has 4 rings (SSSR count). The van der Waals surface area contributed by atoms with Gasteiger partial charge in [0.05, 0.1) is 32.6 Å². The maximum Gasteiger partial charge on any atom is 0.253 e. The van der Waals surface area contributed by atoms with E-state index < -0.39 is 30.1 Å². The van der Waals surface area contributed by atoms with E-state index in [1.165, 1.54) is 17.2 Å². The van der Waals surface area contributed by atoms with E-state index in [1.54, 1.807) is 20.1 Å². The van der Waals surface area contributed by atoms with Gasteiger partial charge in [-0.1, -0.05) is 13.0 Å². The van der Waals surface area contributed by atoms with Crippen LogP contribution in [0, 0.1) is 11.2 Å². The zero-order valence-corrected chi connectivity index (χ0v) is 20.8. The summed E-state index contributed by atoms with van der Waals surface area (Å²) in [4.78, 5) is 20.3. The average Bonchev–Trinajstić information content (AvgIpc) is 3.48. The summed E-state index contributed by atoms with van der Waals surface area (Å²) >= 11 is 0. The molecule has 5 atom stereocenters. The summed E-state index contributed by atoms with van der Waals surface area (Å²) in [6.45, 7) is 4.79. The van der Waals surface area contributed by atoms with Crippen molar-refractivity contribution >= 4 is 11.7 Å². The molecule has 10 heteroatoms. The summed E-state index contributed by atoms with van der Waals surface area (Å²) in [6, 6.07) is 8.64. The summed E-state index contributed by atoms with van der Waals surface area (Å²) in [5.74, 6) is 0.646. The molecular formula is C26H34FN3O6. The average molecular weight is 504 g/mol. The predicted molar refractivity (Wildman–Crippen MR) is 131 cm³/mol. The van der Waals surface area contributed by atoms with Crippen molar-refractivity contribution in [1.82, 2.24) is 9.88 Å². The zero-order chi connectivity index (χ0) is 26.0. The molecule has 0 spiro atoms. The molecule has 0 radical (unpaired) electrons. The van der Waals surface area contributed by atoms with E-state index in [0.29, 0.717) is 23.9 Å². The Hall–Kier alpha value is -2.95. The molecule has 3 unspecified atom stereocenters. The van der Waals surface area contributed by atoms with Crippen LogP contribution in [-0.2, 0) is 4.79 Å². The second-order valence-corrected chi connectivity index (χ2v) is 9.87. The summed E-state index contributed by atoms with van der Waals surface area (Å²) < 4.78 is 25.1. The minimum atomic E-state index is -1.49. The molecule has 3 heterocycles. The first-order chi connectivity index (χ1) is 17.2. The van der Waals surface area contributed by atoms with E-state index in [1.807, 2.05) is 30.0 Å². The maximum atomic E-state index is 13.2. The Balaban J connectivity index is 1.55. The number of ether oxygens (including phenoxy) is 2. The highest BCUT2D eigenvalue weighted by molar-refractivity contribution is 5.81. The van der Waals surface area contributed by atoms with Crippen molar-refractivity contribution in [2.24, 2.45) is 5.41 Å². The molecule has 2 aliphatic heterocycles. The van der Waals surface area contributed by atoms with Crippen LogP contribution in [0.15, 0.2) is 36.5 Å². The number of rotatable bonds is 8. The van der Waals surface area contributed by atoms with Crippen molar-refractivity contribution in [3.8, 4) is 11.5 Å². The lowest BCUT2D eigenvalue weighted by atomic mass is 9.72. The number of likely N-dealkylation sites (tertiary alicyclic amines) is 1. The van der Waals surface area contributed by atoms with Crippen LogP contribution in [0.25, 0.3) is 0 Å². The van der Waals surface area contributed by atoms with Crippen molar-refractivity contribution in [3.63, 3.8) is 0 Å². The van der Waals surface area contributed by atoms with E-state index in [0.717, 1.165) is 18.5 Å². The first-order valence-electron chi connectivity index (χ1n) is 12.1. The number of nitrogens with zero attached hydrogens (tertiary/aromatic N) is 3. The third-order valence-corrected chi connectivity index (χ3v) is 7.52. The van der Waals surface area contributed by atoms with Gasteiger partial charge in [-0.2, -0.15) is 0 Å². The maximum absolute atomic E-state index is 13.2. The Morgan fingerprint density at radius 2 is 2.03 bits per heavy atom. The topological polar surface area (TPSA) is 116 Å². The van der Waals surface area contributed by atoms with Gasteiger partial charge in [0, 0.05) is 37.4 Å². The molecular weight excluding hydrogens is 469 g/mol. The third-order valence-electron chi connectivity index (χ3n) is 7.52. The second kappa shape index (κ2) is 10.6. The molecule has 2 saturated heterocycles. The molecule has 1 aromatic carbocycles. The van der Waals surface area contributed by atoms with Crippen LogP contribution >= 0.6 is 0 Å². The minimum absolute atomic E-state index is 0.134. The lowest BCUT2D eigenvalue weighted by molar-refractivity contribution is -0.141. The molecule has 0 saturated carbocycles. The highest BCUT2D eigenvalue weighted by Crippen LogP contribution is 2.47. The number of pyridine rings is 1. The molecule has 1 aromatic heterocycles. The Labute approximate surface area is 210 Å². The number of hydrogen-bond acceptors (Lipinski definition) is 8. The van der Waals surface area contributed by atoms with Gasteiger partial charge in [0.1, 0.15) is 17.7 Å². The van der Waals surface area contributed by atoms with Gasteiger partial charge >= 0.3 is 0 Å². The van der Waals surface area contributed by atoms with Gasteiger partial charge in [-0.3, -0.25) is 4.79 Å². The smallest absolute Gasteiger partial charge is 0.253 e. The van der Waals surface area contributed by atoms with Crippen molar-refractivity contribution < 1.29 is 34.0 Å². The van der Waals surface area contributed by atoms with Gasteiger partial charge in [-0.05, 0) is 36.8 Å². The van der Waals surface area contributed by atoms with E-state index >= 15 is 0 Å². The SMILES string of the molecule is COc1ccc([C@@H]2CN(C(=O)C(O)CO)C[C@@]2(C)C(C)O)cc1OC1CCN(c2ccc(F)cn2)C1. The van der Waals surface area contributed by atoms with Crippen LogP contribution in [0.2, 0.25) is 0 Å². The molecule has 36 heavy (non-hydrogen) atoms. The van der Waals surface area contributed by atoms with Crippen LogP contribution in [0.1, 0.15) is 31.7 Å². The molecule has 1 amide bonds. The standard InChI is InChI=1S/C26H34FN3O6/c1-16(32)26(2)15-30(25(34)21(33)14-31)13-20(26)17-4-6-22(35-3)23(10-17)36-19-8-9-29(12-19)24-7-5-18(27)11-28-24/h4-7,10-11,16,19-21,31-33H,8-9,12-15H2,1-3H3/t16?,19?,20-,21?,26-/m0/s1. The number of amides is 1. The minimum Gasteiger partial charge on any atom is -0.493 e. The number of aliphatic hydroxyl groups excluding tert-OH is 3. The predicted octanol–water partition coefficient (Wildman–Crippen LogP) is 1.55. The van der Waals surface area contributed by atoms with E-state index in [4.69, 9.17) is 9.47 Å². The highest BCUT2D eigenvalue weighted by atomic mass is 19.1. The Morgan fingerprint density at radius 3 is 2.67 bits per heavy atom. The molecule has 196 valence electrons. The van der Waals surface area contributed by atoms with E-state index in [2.05, 4.69) is 4.98 Å². The van der Waals surface area contributed by atoms with Crippen molar-refractivity contribution in [3.05, 3.63) is 47.9 Å². The molecule has 0 aliphatic carbocycles. The summed E-state index contributed by atoms with van der Waals surface area (Å²) in [6.07, 6.45) is -0.403. The number of anilines is 1. The monoisotopic (exact) mass is 503 g/mol. The summed E-state index contributed by atoms with van der Waals surface area (Å²) in [7, 11) is 1.57. The quantitative estimate of drug-likeness (QED) is 0.497. The van der Waals surface area contributed by atoms with Crippen LogP contribution < -0.4 is 14.4 Å². The molecule has 2 fully saturated rings. The third kappa shape index (κ3) is 5.11. The molecule has 0 bridgehead atoms. The van der Waals surface area contributed by atoms with Crippen LogP contribution in [0.5, 0.6) is 11.5 Å². The lowest BCUT2D eigenvalue weighted by Gasteiger charge is -2.34. The number of carbonyl (C=O) groups excluding carboxylic acids is 1. The second-order valence-electron chi connectivity index (χ2n) is 9.87. The van der Waals surface area contributed by atoms with Crippen LogP contribution in [0.3, 0.4) is 0 Å². The number of carbonyl (C=O) groups is 1. The summed E-state index contributed by atoms with van der Waals surface area (Å²) in [5, 5.41) is 29.7. The van der Waals surface area contributed by atoms with E-state index in [9.17, 15) is 24.5 Å². The first-order valence-corrected chi connectivity index (χ1v) is 12.1. The van der Waals surface area contributed by atoms with Gasteiger partial charge in [0.2, 0.25) is 0 Å². The van der Waals surface area contributed by atoms with Crippen molar-refractivity contribution in [2.45, 2.75) is 44.5 Å². The van der Waals surface area contributed by atoms with Gasteiger partial charge < -0.3 is 34.6 Å². The van der Waals surface area contributed by atoms with Gasteiger partial charge in [-0.25, -0.2) is 9.37 Å². The number of methoxy groups -OCH3 is 1. The Kier molecular flexibility index (Phi) is 7.67. The van der Waals surface area contributed by atoms with Gasteiger partial charge in [0.15, 0.2) is 17.6 Å². The Morgan fingerprint density at radius 1 is 1.25 bits per heavy atom. The number of hydrogen-bond donors (Lipinski definition) is 3. The lowest BCUT2D eigenvalue weighted by Crippen LogP contribution is -2.42. The summed E-state index contributed by atoms with van der Waals surface area (Å²) in [5.41, 5.74) is 0.202. The van der Waals surface area contributed by atoms with Gasteiger partial charge in [0.25, 0.3) is 5.91 Å². The largest absolute Gasteiger partial charge is 0.493 e. The van der Waals surface area contributed by atoms with Crippen LogP contribution in [0.4, 0.5) is 10.2 Å². The van der Waals surface area contributed by atoms with Crippen molar-refractivity contribution in [2.75, 3.05) is 44.8 Å². The fraction of sp³-hybridized carbons (Fsp3) is 0.538. The molecule has 9 nitrogen and oxygen atoms in total. The number of halogens is 1. The fourth-order valence-electron chi connectivity index (χ4n) is 5.15. The number of benzene rings is 1. The van der Waals surface area contributed by atoms with E-state index in [-0.39, 0.29) is 30.9 Å². The first kappa shape index (κ1) is 26.1. The van der Waals surface area contributed by atoms with Crippen molar-refractivity contribution in [1.29, 1.82) is 0 Å². The number of aromatic nitrogens is 1. The Bertz CT molecular complexity index is 1070. The number of aliphatic hydroxyl groups is 3.